The topological polar surface area (TPSA) is 85.2 Å². The zero-order valence-corrected chi connectivity index (χ0v) is 15.1. The zero-order valence-electron chi connectivity index (χ0n) is 15.1. The number of rotatable bonds is 6. The van der Waals surface area contributed by atoms with Crippen molar-refractivity contribution in [3.8, 4) is 6.01 Å². The van der Waals surface area contributed by atoms with Crippen LogP contribution in [0.25, 0.3) is 0 Å². The van der Waals surface area contributed by atoms with Gasteiger partial charge in [0.05, 0.1) is 12.8 Å². The number of aryl methyl sites for hydroxylation is 1. The molecule has 0 radical (unpaired) electrons. The van der Waals surface area contributed by atoms with Gasteiger partial charge in [-0.05, 0) is 25.3 Å². The quantitative estimate of drug-likeness (QED) is 0.837. The summed E-state index contributed by atoms with van der Waals surface area (Å²) in [5.41, 5.74) is 0.866. The lowest BCUT2D eigenvalue weighted by Gasteiger charge is -2.41. The maximum Gasteiger partial charge on any atom is 0.316 e. The molecule has 0 bridgehead atoms. The SMILES string of the molecule is COc1nccc(CN[C@@H]2CCC(=O)N(C3CC3)[C@H]2c2nccn2C)n1. The largest absolute Gasteiger partial charge is 0.467 e. The third-order valence-electron chi connectivity index (χ3n) is 5.12. The van der Waals surface area contributed by atoms with Crippen LogP contribution >= 0.6 is 0 Å². The minimum Gasteiger partial charge on any atom is -0.467 e. The Hall–Kier alpha value is -2.48. The molecule has 138 valence electrons. The number of carbonyl (C=O) groups excluding carboxylic acids is 1. The minimum absolute atomic E-state index is 0.0486. The molecule has 1 saturated carbocycles. The Kier molecular flexibility index (Phi) is 4.58. The normalized spacial score (nSPS) is 23.3. The molecule has 8 heteroatoms. The molecule has 26 heavy (non-hydrogen) atoms. The first-order chi connectivity index (χ1) is 12.7. The number of ether oxygens (including phenoxy) is 1. The Morgan fingerprint density at radius 3 is 2.81 bits per heavy atom. The Balaban J connectivity index is 1.56. The summed E-state index contributed by atoms with van der Waals surface area (Å²) in [4.78, 5) is 27.6. The van der Waals surface area contributed by atoms with E-state index in [1.54, 1.807) is 19.5 Å². The molecule has 2 fully saturated rings. The summed E-state index contributed by atoms with van der Waals surface area (Å²) in [6.45, 7) is 0.594. The van der Waals surface area contributed by atoms with Crippen LogP contribution in [0.5, 0.6) is 6.01 Å². The van der Waals surface area contributed by atoms with Gasteiger partial charge in [-0.1, -0.05) is 0 Å². The molecule has 8 nitrogen and oxygen atoms in total. The number of piperidine rings is 1. The van der Waals surface area contributed by atoms with E-state index in [1.807, 2.05) is 23.9 Å². The van der Waals surface area contributed by atoms with Crippen molar-refractivity contribution < 1.29 is 9.53 Å². The predicted octanol–water partition coefficient (Wildman–Crippen LogP) is 1.20. The van der Waals surface area contributed by atoms with E-state index in [4.69, 9.17) is 4.74 Å². The van der Waals surface area contributed by atoms with Crippen LogP contribution in [-0.2, 0) is 18.4 Å². The summed E-state index contributed by atoms with van der Waals surface area (Å²) < 4.78 is 7.11. The van der Waals surface area contributed by atoms with Crippen LogP contribution in [0.2, 0.25) is 0 Å². The summed E-state index contributed by atoms with van der Waals surface area (Å²) in [6.07, 6.45) is 8.96. The molecule has 4 rings (SSSR count). The van der Waals surface area contributed by atoms with Crippen molar-refractivity contribution in [3.05, 3.63) is 36.2 Å². The molecule has 0 unspecified atom stereocenters. The molecule has 0 spiro atoms. The molecule has 2 aromatic rings. The lowest BCUT2D eigenvalue weighted by atomic mass is 9.94. The highest BCUT2D eigenvalue weighted by molar-refractivity contribution is 5.78. The maximum atomic E-state index is 12.6. The number of nitrogens with zero attached hydrogens (tertiary/aromatic N) is 5. The number of nitrogens with one attached hydrogen (secondary N) is 1. The first-order valence-corrected chi connectivity index (χ1v) is 9.05. The number of methoxy groups -OCH3 is 1. The first kappa shape index (κ1) is 17.0. The highest BCUT2D eigenvalue weighted by atomic mass is 16.5. The van der Waals surface area contributed by atoms with Crippen LogP contribution in [0.3, 0.4) is 0 Å². The third-order valence-corrected chi connectivity index (χ3v) is 5.12. The van der Waals surface area contributed by atoms with Gasteiger partial charge in [0.25, 0.3) is 0 Å². The second-order valence-electron chi connectivity index (χ2n) is 6.93. The van der Waals surface area contributed by atoms with Crippen LogP contribution in [0.15, 0.2) is 24.7 Å². The smallest absolute Gasteiger partial charge is 0.316 e. The fourth-order valence-electron chi connectivity index (χ4n) is 3.69. The van der Waals surface area contributed by atoms with E-state index in [0.717, 1.165) is 30.8 Å². The summed E-state index contributed by atoms with van der Waals surface area (Å²) in [7, 11) is 3.54. The molecule has 2 atom stereocenters. The number of amides is 1. The Morgan fingerprint density at radius 2 is 2.12 bits per heavy atom. The van der Waals surface area contributed by atoms with Crippen molar-refractivity contribution in [2.75, 3.05) is 7.11 Å². The van der Waals surface area contributed by atoms with E-state index in [0.29, 0.717) is 25.0 Å². The number of imidazole rings is 1. The highest BCUT2D eigenvalue weighted by Gasteiger charge is 2.45. The molecule has 1 amide bonds. The fourth-order valence-corrected chi connectivity index (χ4v) is 3.69. The standard InChI is InChI=1S/C18H24N6O2/c1-23-10-9-19-17(23)16-14(5-6-15(25)24(16)13-3-4-13)21-11-12-7-8-20-18(22-12)26-2/h7-10,13-14,16,21H,3-6,11H2,1-2H3/t14-,16-/m1/s1. The highest BCUT2D eigenvalue weighted by Crippen LogP contribution is 2.40. The summed E-state index contributed by atoms with van der Waals surface area (Å²) >= 11 is 0. The van der Waals surface area contributed by atoms with Gasteiger partial charge in [0.2, 0.25) is 5.91 Å². The van der Waals surface area contributed by atoms with Crippen LogP contribution < -0.4 is 10.1 Å². The van der Waals surface area contributed by atoms with Crippen molar-refractivity contribution in [2.24, 2.45) is 7.05 Å². The van der Waals surface area contributed by atoms with Gasteiger partial charge in [-0.3, -0.25) is 4.79 Å². The van der Waals surface area contributed by atoms with Gasteiger partial charge in [-0.25, -0.2) is 9.97 Å². The molecule has 2 aliphatic rings. The lowest BCUT2D eigenvalue weighted by molar-refractivity contribution is -0.139. The molecule has 0 aromatic carbocycles. The van der Waals surface area contributed by atoms with E-state index in [9.17, 15) is 4.79 Å². The Bertz CT molecular complexity index is 787. The second-order valence-corrected chi connectivity index (χ2v) is 6.93. The average molecular weight is 356 g/mol. The van der Waals surface area contributed by atoms with Crippen molar-refractivity contribution >= 4 is 5.91 Å². The van der Waals surface area contributed by atoms with Crippen LogP contribution in [0, 0.1) is 0 Å². The summed E-state index contributed by atoms with van der Waals surface area (Å²) in [5, 5.41) is 3.59. The van der Waals surface area contributed by atoms with Crippen molar-refractivity contribution in [2.45, 2.75) is 50.4 Å². The monoisotopic (exact) mass is 356 g/mol. The number of carbonyl (C=O) groups is 1. The van der Waals surface area contributed by atoms with E-state index in [-0.39, 0.29) is 18.0 Å². The average Bonchev–Trinajstić information content (AvgIpc) is 3.41. The molecule has 1 aliphatic carbocycles. The first-order valence-electron chi connectivity index (χ1n) is 9.05. The van der Waals surface area contributed by atoms with Crippen LogP contribution in [0.4, 0.5) is 0 Å². The molecule has 3 heterocycles. The van der Waals surface area contributed by atoms with Crippen LogP contribution in [-0.4, -0.2) is 49.5 Å². The Morgan fingerprint density at radius 1 is 1.27 bits per heavy atom. The van der Waals surface area contributed by atoms with Crippen molar-refractivity contribution in [1.29, 1.82) is 0 Å². The molecule has 1 aliphatic heterocycles. The number of hydrogen-bond acceptors (Lipinski definition) is 6. The van der Waals surface area contributed by atoms with Gasteiger partial charge in [0.15, 0.2) is 0 Å². The van der Waals surface area contributed by atoms with Gasteiger partial charge in [0, 0.05) is 50.7 Å². The summed E-state index contributed by atoms with van der Waals surface area (Å²) in [6, 6.07) is 2.68. The molecule has 1 N–H and O–H groups in total. The van der Waals surface area contributed by atoms with Crippen molar-refractivity contribution in [3.63, 3.8) is 0 Å². The summed E-state index contributed by atoms with van der Waals surface area (Å²) in [5.74, 6) is 1.17. The van der Waals surface area contributed by atoms with E-state index < -0.39 is 0 Å². The molecule has 1 saturated heterocycles. The van der Waals surface area contributed by atoms with E-state index >= 15 is 0 Å². The van der Waals surface area contributed by atoms with Gasteiger partial charge in [-0.15, -0.1) is 0 Å². The lowest BCUT2D eigenvalue weighted by Crippen LogP contribution is -2.52. The molecular formula is C18H24N6O2. The van der Waals surface area contributed by atoms with Gasteiger partial charge < -0.3 is 19.5 Å². The predicted molar refractivity (Wildman–Crippen MR) is 94.3 cm³/mol. The minimum atomic E-state index is -0.0486. The third kappa shape index (κ3) is 3.29. The Labute approximate surface area is 152 Å². The fraction of sp³-hybridized carbons (Fsp3) is 0.556. The molecule has 2 aromatic heterocycles. The van der Waals surface area contributed by atoms with Crippen LogP contribution in [0.1, 0.15) is 43.2 Å². The number of aromatic nitrogens is 4. The molecular weight excluding hydrogens is 332 g/mol. The van der Waals surface area contributed by atoms with E-state index in [1.165, 1.54) is 0 Å². The van der Waals surface area contributed by atoms with Gasteiger partial charge >= 0.3 is 6.01 Å². The maximum absolute atomic E-state index is 12.6. The van der Waals surface area contributed by atoms with Gasteiger partial charge in [0.1, 0.15) is 11.9 Å². The van der Waals surface area contributed by atoms with Crippen molar-refractivity contribution in [1.82, 2.24) is 29.7 Å². The second kappa shape index (κ2) is 7.03. The number of likely N-dealkylation sites (tertiary alicyclic amines) is 1. The zero-order chi connectivity index (χ0) is 18.1. The van der Waals surface area contributed by atoms with Gasteiger partial charge in [-0.2, -0.15) is 4.98 Å². The number of hydrogen-bond donors (Lipinski definition) is 1. The van der Waals surface area contributed by atoms with E-state index in [2.05, 4.69) is 25.2 Å².